The van der Waals surface area contributed by atoms with Crippen LogP contribution in [0, 0.1) is 0 Å². The molecular weight excluding hydrogens is 536 g/mol. The molecule has 238 valence electrons. The Morgan fingerprint density at radius 2 is 0.878 bits per heavy atom. The van der Waals surface area contributed by atoms with Crippen molar-refractivity contribution in [1.29, 1.82) is 0 Å². The van der Waals surface area contributed by atoms with Crippen LogP contribution in [0.15, 0.2) is 11.6 Å². The molecule has 0 saturated heterocycles. The van der Waals surface area contributed by atoms with Crippen LogP contribution in [0.5, 0.6) is 0 Å². The van der Waals surface area contributed by atoms with Crippen molar-refractivity contribution in [3.63, 3.8) is 0 Å². The smallest absolute Gasteiger partial charge is 0.334 e. The summed E-state index contributed by atoms with van der Waals surface area (Å²) in [6.07, 6.45) is 4.41. The summed E-state index contributed by atoms with van der Waals surface area (Å²) in [5.41, 5.74) is -0.0582. The van der Waals surface area contributed by atoms with E-state index in [9.17, 15) is 19.2 Å². The molecule has 0 unspecified atom stereocenters. The molecule has 0 aliphatic heterocycles. The van der Waals surface area contributed by atoms with Gasteiger partial charge in [0.15, 0.2) is 13.2 Å². The lowest BCUT2D eigenvalue weighted by Crippen LogP contribution is -2.39. The maximum atomic E-state index is 12.7. The lowest BCUT2D eigenvalue weighted by molar-refractivity contribution is -0.150. The zero-order chi connectivity index (χ0) is 30.7. The van der Waals surface area contributed by atoms with Crippen LogP contribution >= 0.6 is 0 Å². The highest BCUT2D eigenvalue weighted by Gasteiger charge is 2.19. The number of nitrogens with zero attached hydrogens (tertiary/aromatic N) is 2. The Hall–Kier alpha value is -2.54. The van der Waals surface area contributed by atoms with Gasteiger partial charge in [-0.25, -0.2) is 9.59 Å². The van der Waals surface area contributed by atoms with Crippen LogP contribution in [0.3, 0.4) is 0 Å². The van der Waals surface area contributed by atoms with Gasteiger partial charge in [-0.2, -0.15) is 0 Å². The number of hydrogen-bond acceptors (Lipinski definition) is 10. The molecular formula is C29H52N2O10. The Kier molecular flexibility index (Phi) is 24.7. The fourth-order valence-electron chi connectivity index (χ4n) is 3.24. The van der Waals surface area contributed by atoms with Gasteiger partial charge in [-0.05, 0) is 32.6 Å². The van der Waals surface area contributed by atoms with Crippen LogP contribution in [-0.2, 0) is 47.6 Å². The van der Waals surface area contributed by atoms with Crippen LogP contribution < -0.4 is 0 Å². The van der Waals surface area contributed by atoms with Crippen LogP contribution in [0.1, 0.15) is 60.3 Å². The molecule has 0 aromatic rings. The van der Waals surface area contributed by atoms with E-state index in [2.05, 4.69) is 0 Å². The first kappa shape index (κ1) is 38.5. The Bertz CT molecular complexity index is 736. The monoisotopic (exact) mass is 588 g/mol. The minimum Gasteiger partial charge on any atom is -0.452 e. The molecule has 0 bridgehead atoms. The molecule has 0 atom stereocenters. The first-order valence-electron chi connectivity index (χ1n) is 14.7. The van der Waals surface area contributed by atoms with E-state index >= 15 is 0 Å². The number of hydrogen-bond donors (Lipinski definition) is 0. The van der Waals surface area contributed by atoms with E-state index in [0.29, 0.717) is 79.0 Å². The quantitative estimate of drug-likeness (QED) is 0.0843. The van der Waals surface area contributed by atoms with Gasteiger partial charge in [0.25, 0.3) is 11.8 Å². The average Bonchev–Trinajstić information content (AvgIpc) is 2.96. The van der Waals surface area contributed by atoms with Gasteiger partial charge in [0, 0.05) is 64.3 Å². The van der Waals surface area contributed by atoms with E-state index in [1.54, 1.807) is 0 Å². The van der Waals surface area contributed by atoms with Crippen molar-refractivity contribution in [3.8, 4) is 0 Å². The predicted octanol–water partition coefficient (Wildman–Crippen LogP) is 2.38. The summed E-state index contributed by atoms with van der Waals surface area (Å²) < 4.78 is 32.0. The standard InChI is InChI=1S/C29H52N2O10/c1-6-14-36-18-10-30(11-19-37-15-7-2)26(32)23-40-28(34)22-25(5)29(35)41-24-27(33)31(12-20-38-16-8-3)13-21-39-17-9-4/h22H,6-21,23-24H2,1-5H3/b25-22+. The molecule has 0 aliphatic rings. The van der Waals surface area contributed by atoms with Gasteiger partial charge in [0.1, 0.15) is 0 Å². The molecule has 0 N–H and O–H groups in total. The first-order chi connectivity index (χ1) is 19.8. The number of amides is 2. The van der Waals surface area contributed by atoms with Crippen molar-refractivity contribution < 1.29 is 47.6 Å². The molecule has 0 spiro atoms. The molecule has 0 rings (SSSR count). The number of ether oxygens (including phenoxy) is 6. The van der Waals surface area contributed by atoms with Crippen molar-refractivity contribution in [3.05, 3.63) is 11.6 Å². The van der Waals surface area contributed by atoms with E-state index < -0.39 is 37.0 Å². The maximum absolute atomic E-state index is 12.7. The van der Waals surface area contributed by atoms with E-state index in [-0.39, 0.29) is 5.57 Å². The van der Waals surface area contributed by atoms with Crippen LogP contribution in [0.25, 0.3) is 0 Å². The van der Waals surface area contributed by atoms with Gasteiger partial charge >= 0.3 is 11.9 Å². The predicted molar refractivity (Wildman–Crippen MR) is 153 cm³/mol. The molecule has 41 heavy (non-hydrogen) atoms. The molecule has 0 aromatic carbocycles. The van der Waals surface area contributed by atoms with E-state index in [1.807, 2.05) is 27.7 Å². The van der Waals surface area contributed by atoms with Gasteiger partial charge in [-0.1, -0.05) is 27.7 Å². The molecule has 0 fully saturated rings. The van der Waals surface area contributed by atoms with Crippen molar-refractivity contribution in [2.45, 2.75) is 60.3 Å². The van der Waals surface area contributed by atoms with Crippen molar-refractivity contribution in [1.82, 2.24) is 9.80 Å². The van der Waals surface area contributed by atoms with Crippen LogP contribution in [-0.4, -0.2) is 126 Å². The van der Waals surface area contributed by atoms with Crippen molar-refractivity contribution in [2.75, 3.05) is 92.2 Å². The molecule has 12 nitrogen and oxygen atoms in total. The molecule has 12 heteroatoms. The summed E-state index contributed by atoms with van der Waals surface area (Å²) in [6.45, 7) is 13.5. The minimum absolute atomic E-state index is 0.0582. The molecule has 0 heterocycles. The molecule has 2 amide bonds. The average molecular weight is 589 g/mol. The topological polar surface area (TPSA) is 130 Å². The second-order valence-corrected chi connectivity index (χ2v) is 9.22. The first-order valence-corrected chi connectivity index (χ1v) is 14.7. The molecule has 0 aromatic heterocycles. The van der Waals surface area contributed by atoms with Gasteiger partial charge in [0.05, 0.1) is 26.4 Å². The summed E-state index contributed by atoms with van der Waals surface area (Å²) in [5, 5.41) is 0. The lowest BCUT2D eigenvalue weighted by Gasteiger charge is -2.22. The SMILES string of the molecule is CCCOCCN(CCOCCC)C(=O)COC(=O)/C=C(\C)C(=O)OCC(=O)N(CCOCCC)CCOCCC. The third-order valence-corrected chi connectivity index (χ3v) is 5.44. The molecule has 0 saturated carbocycles. The number of rotatable bonds is 26. The summed E-state index contributed by atoms with van der Waals surface area (Å²) in [4.78, 5) is 52.9. The van der Waals surface area contributed by atoms with Gasteiger partial charge in [-0.3, -0.25) is 9.59 Å². The van der Waals surface area contributed by atoms with Crippen molar-refractivity contribution >= 4 is 23.8 Å². The second-order valence-electron chi connectivity index (χ2n) is 9.22. The lowest BCUT2D eigenvalue weighted by atomic mass is 10.3. The van der Waals surface area contributed by atoms with Gasteiger partial charge in [-0.15, -0.1) is 0 Å². The number of carbonyl (C=O) groups is 4. The maximum Gasteiger partial charge on any atom is 0.334 e. The summed E-state index contributed by atoms with van der Waals surface area (Å²) >= 11 is 0. The third kappa shape index (κ3) is 20.9. The highest BCUT2D eigenvalue weighted by atomic mass is 16.5. The normalized spacial score (nSPS) is 11.3. The Labute approximate surface area is 245 Å². The summed E-state index contributed by atoms with van der Waals surface area (Å²) in [6, 6.07) is 0. The molecule has 0 radical (unpaired) electrons. The minimum atomic E-state index is -0.869. The van der Waals surface area contributed by atoms with Crippen LogP contribution in [0.2, 0.25) is 0 Å². The zero-order valence-corrected chi connectivity index (χ0v) is 25.8. The van der Waals surface area contributed by atoms with E-state index in [1.165, 1.54) is 16.7 Å². The third-order valence-electron chi connectivity index (χ3n) is 5.44. The van der Waals surface area contributed by atoms with Gasteiger partial charge in [0.2, 0.25) is 0 Å². The Morgan fingerprint density at radius 1 is 0.537 bits per heavy atom. The molecule has 0 aliphatic carbocycles. The second kappa shape index (κ2) is 26.4. The van der Waals surface area contributed by atoms with Crippen molar-refractivity contribution in [2.24, 2.45) is 0 Å². The zero-order valence-electron chi connectivity index (χ0n) is 25.8. The Balaban J connectivity index is 4.79. The fraction of sp³-hybridized carbons (Fsp3) is 0.793. The highest BCUT2D eigenvalue weighted by molar-refractivity contribution is 5.97. The van der Waals surface area contributed by atoms with E-state index in [0.717, 1.165) is 31.8 Å². The highest BCUT2D eigenvalue weighted by Crippen LogP contribution is 2.02. The van der Waals surface area contributed by atoms with Crippen LogP contribution in [0.4, 0.5) is 0 Å². The van der Waals surface area contributed by atoms with Gasteiger partial charge < -0.3 is 38.2 Å². The fourth-order valence-corrected chi connectivity index (χ4v) is 3.24. The Morgan fingerprint density at radius 3 is 1.22 bits per heavy atom. The largest absolute Gasteiger partial charge is 0.452 e. The van der Waals surface area contributed by atoms with E-state index in [4.69, 9.17) is 28.4 Å². The summed E-state index contributed by atoms with van der Waals surface area (Å²) in [7, 11) is 0. The number of esters is 2. The summed E-state index contributed by atoms with van der Waals surface area (Å²) in [5.74, 6) is -2.51. The number of carbonyl (C=O) groups excluding carboxylic acids is 4.